The lowest BCUT2D eigenvalue weighted by molar-refractivity contribution is -0.115. The molecule has 10 nitrogen and oxygen atoms in total. The summed E-state index contributed by atoms with van der Waals surface area (Å²) in [6.45, 7) is 3.70. The van der Waals surface area contributed by atoms with Crippen molar-refractivity contribution in [1.82, 2.24) is 24.5 Å². The van der Waals surface area contributed by atoms with Gasteiger partial charge in [0.2, 0.25) is 21.1 Å². The smallest absolute Gasteiger partial charge is 0.243 e. The van der Waals surface area contributed by atoms with Gasteiger partial charge < -0.3 is 10.1 Å². The van der Waals surface area contributed by atoms with Crippen LogP contribution in [0.4, 0.5) is 5.69 Å². The fraction of sp³-hybridized carbons (Fsp3) is 0.333. The first-order chi connectivity index (χ1) is 15.9. The highest BCUT2D eigenvalue weighted by Gasteiger charge is 2.26. The van der Waals surface area contributed by atoms with Gasteiger partial charge in [-0.05, 0) is 47.2 Å². The number of hydrogen-bond acceptors (Lipinski definition) is 8. The molecular formula is C21H24N6O4S2. The topological polar surface area (TPSA) is 119 Å². The van der Waals surface area contributed by atoms with E-state index in [9.17, 15) is 13.2 Å². The third-order valence-corrected chi connectivity index (χ3v) is 8.04. The number of carbonyl (C=O) groups is 1. The Labute approximate surface area is 196 Å². The minimum Gasteiger partial charge on any atom is -0.379 e. The molecular weight excluding hydrogens is 464 g/mol. The van der Waals surface area contributed by atoms with Gasteiger partial charge in [0.05, 0.1) is 29.9 Å². The fourth-order valence-corrected chi connectivity index (χ4v) is 5.43. The van der Waals surface area contributed by atoms with Gasteiger partial charge in [0.1, 0.15) is 0 Å². The Morgan fingerprint density at radius 1 is 1.12 bits per heavy atom. The summed E-state index contributed by atoms with van der Waals surface area (Å²) in [7, 11) is -3.58. The molecule has 1 aliphatic rings. The molecule has 1 aliphatic heterocycles. The molecule has 174 valence electrons. The number of nitrogens with one attached hydrogen (secondary N) is 1. The Bertz CT molecular complexity index is 1180. The molecule has 1 fully saturated rings. The van der Waals surface area contributed by atoms with Crippen LogP contribution in [0.3, 0.4) is 0 Å². The average Bonchev–Trinajstić information content (AvgIpc) is 3.27. The first-order valence-corrected chi connectivity index (χ1v) is 12.7. The van der Waals surface area contributed by atoms with Crippen LogP contribution in [0.2, 0.25) is 0 Å². The molecule has 3 aromatic rings. The van der Waals surface area contributed by atoms with E-state index in [1.165, 1.54) is 28.2 Å². The molecule has 1 unspecified atom stereocenters. The lowest BCUT2D eigenvalue weighted by Gasteiger charge is -2.26. The van der Waals surface area contributed by atoms with Crippen LogP contribution in [0.25, 0.3) is 0 Å². The fourth-order valence-electron chi connectivity index (χ4n) is 3.24. The molecule has 4 rings (SSSR count). The maximum atomic E-state index is 12.7. The average molecular weight is 489 g/mol. The van der Waals surface area contributed by atoms with Crippen molar-refractivity contribution >= 4 is 33.4 Å². The van der Waals surface area contributed by atoms with E-state index in [2.05, 4.69) is 20.8 Å². The Kier molecular flexibility index (Phi) is 7.38. The molecule has 33 heavy (non-hydrogen) atoms. The normalized spacial score (nSPS) is 15.8. The number of hydrogen-bond donors (Lipinski definition) is 1. The zero-order valence-corrected chi connectivity index (χ0v) is 19.6. The molecule has 0 radical (unpaired) electrons. The number of sulfonamides is 1. The first kappa shape index (κ1) is 23.4. The summed E-state index contributed by atoms with van der Waals surface area (Å²) < 4.78 is 33.7. The van der Waals surface area contributed by atoms with E-state index in [1.807, 2.05) is 30.3 Å². The van der Waals surface area contributed by atoms with Crippen molar-refractivity contribution < 1.29 is 17.9 Å². The summed E-state index contributed by atoms with van der Waals surface area (Å²) in [4.78, 5) is 12.9. The first-order valence-electron chi connectivity index (χ1n) is 10.4. The number of benzene rings is 2. The summed E-state index contributed by atoms with van der Waals surface area (Å²) >= 11 is 1.25. The van der Waals surface area contributed by atoms with Gasteiger partial charge in [0.15, 0.2) is 0 Å². The zero-order valence-electron chi connectivity index (χ0n) is 18.0. The van der Waals surface area contributed by atoms with Crippen LogP contribution < -0.4 is 5.32 Å². The number of tetrazole rings is 1. The number of morpholine rings is 1. The van der Waals surface area contributed by atoms with Crippen molar-refractivity contribution in [3.63, 3.8) is 0 Å². The number of nitrogens with zero attached hydrogens (tertiary/aromatic N) is 5. The maximum Gasteiger partial charge on any atom is 0.243 e. The molecule has 1 amide bonds. The molecule has 1 saturated heterocycles. The number of carbonyl (C=O) groups excluding carboxylic acids is 1. The predicted molar refractivity (Wildman–Crippen MR) is 123 cm³/mol. The number of rotatable bonds is 8. The van der Waals surface area contributed by atoms with Gasteiger partial charge in [-0.25, -0.2) is 13.1 Å². The Morgan fingerprint density at radius 2 is 1.82 bits per heavy atom. The van der Waals surface area contributed by atoms with Gasteiger partial charge in [0.25, 0.3) is 0 Å². The lowest BCUT2D eigenvalue weighted by atomic mass is 10.2. The van der Waals surface area contributed by atoms with Crippen LogP contribution in [-0.2, 0) is 26.1 Å². The van der Waals surface area contributed by atoms with Crippen LogP contribution in [0.15, 0.2) is 64.6 Å². The van der Waals surface area contributed by atoms with Crippen molar-refractivity contribution in [1.29, 1.82) is 0 Å². The SMILES string of the molecule is CC(Sc1nnnn1Cc1ccccc1)C(=O)Nc1ccc(S(=O)(=O)N2CCOCC2)cc1. The summed E-state index contributed by atoms with van der Waals surface area (Å²) in [5.74, 6) is -0.238. The maximum absolute atomic E-state index is 12.7. The van der Waals surface area contributed by atoms with Crippen molar-refractivity contribution in [2.45, 2.75) is 28.8 Å². The molecule has 1 aromatic heterocycles. The Hall–Kier alpha value is -2.80. The highest BCUT2D eigenvalue weighted by atomic mass is 32.2. The van der Waals surface area contributed by atoms with Crippen molar-refractivity contribution in [3.05, 3.63) is 60.2 Å². The second kappa shape index (κ2) is 10.4. The highest BCUT2D eigenvalue weighted by molar-refractivity contribution is 8.00. The minimum atomic E-state index is -3.58. The van der Waals surface area contributed by atoms with E-state index >= 15 is 0 Å². The second-order valence-corrected chi connectivity index (χ2v) is 10.6. The van der Waals surface area contributed by atoms with Crippen LogP contribution in [0, 0.1) is 0 Å². The third kappa shape index (κ3) is 5.77. The molecule has 1 N–H and O–H groups in total. The molecule has 0 bridgehead atoms. The Balaban J connectivity index is 1.36. The van der Waals surface area contributed by atoms with Crippen molar-refractivity contribution in [2.24, 2.45) is 0 Å². The van der Waals surface area contributed by atoms with Gasteiger partial charge in [-0.15, -0.1) is 5.10 Å². The Morgan fingerprint density at radius 3 is 2.52 bits per heavy atom. The van der Waals surface area contributed by atoms with Gasteiger partial charge in [0, 0.05) is 18.8 Å². The van der Waals surface area contributed by atoms with E-state index in [-0.39, 0.29) is 10.8 Å². The summed E-state index contributed by atoms with van der Waals surface area (Å²) in [5, 5.41) is 14.7. The van der Waals surface area contributed by atoms with Gasteiger partial charge in [-0.2, -0.15) is 4.31 Å². The molecule has 1 atom stereocenters. The number of thioether (sulfide) groups is 1. The summed E-state index contributed by atoms with van der Waals surface area (Å²) in [5.41, 5.74) is 1.56. The van der Waals surface area contributed by atoms with E-state index in [0.717, 1.165) is 5.56 Å². The molecule has 0 spiro atoms. The quantitative estimate of drug-likeness (QED) is 0.477. The minimum absolute atomic E-state index is 0.185. The second-order valence-electron chi connectivity index (χ2n) is 7.39. The molecule has 2 heterocycles. The van der Waals surface area contributed by atoms with Gasteiger partial charge in [-0.1, -0.05) is 42.1 Å². The number of amides is 1. The highest BCUT2D eigenvalue weighted by Crippen LogP contribution is 2.23. The largest absolute Gasteiger partial charge is 0.379 e. The van der Waals surface area contributed by atoms with Gasteiger partial charge >= 0.3 is 0 Å². The zero-order chi connectivity index (χ0) is 23.3. The van der Waals surface area contributed by atoms with E-state index in [0.29, 0.717) is 43.7 Å². The molecule has 0 saturated carbocycles. The van der Waals surface area contributed by atoms with E-state index in [1.54, 1.807) is 23.7 Å². The van der Waals surface area contributed by atoms with Crippen molar-refractivity contribution in [2.75, 3.05) is 31.6 Å². The lowest BCUT2D eigenvalue weighted by Crippen LogP contribution is -2.40. The van der Waals surface area contributed by atoms with Crippen LogP contribution in [0.1, 0.15) is 12.5 Å². The summed E-state index contributed by atoms with van der Waals surface area (Å²) in [6.07, 6.45) is 0. The third-order valence-electron chi connectivity index (χ3n) is 5.06. The van der Waals surface area contributed by atoms with Crippen LogP contribution >= 0.6 is 11.8 Å². The van der Waals surface area contributed by atoms with Crippen molar-refractivity contribution in [3.8, 4) is 0 Å². The van der Waals surface area contributed by atoms with E-state index < -0.39 is 15.3 Å². The summed E-state index contributed by atoms with van der Waals surface area (Å²) in [6, 6.07) is 16.0. The predicted octanol–water partition coefficient (Wildman–Crippen LogP) is 1.86. The molecule has 12 heteroatoms. The van der Waals surface area contributed by atoms with Gasteiger partial charge in [-0.3, -0.25) is 4.79 Å². The molecule has 0 aliphatic carbocycles. The molecule has 2 aromatic carbocycles. The standard InChI is InChI=1S/C21H24N6O4S2/c1-16(32-21-23-24-25-27(21)15-17-5-3-2-4-6-17)20(28)22-18-7-9-19(10-8-18)33(29,30)26-11-13-31-14-12-26/h2-10,16H,11-15H2,1H3,(H,22,28). The number of aromatic nitrogens is 4. The van der Waals surface area contributed by atoms with E-state index in [4.69, 9.17) is 4.74 Å². The number of ether oxygens (including phenoxy) is 1. The number of anilines is 1. The van der Waals surface area contributed by atoms with Crippen LogP contribution in [0.5, 0.6) is 0 Å². The van der Waals surface area contributed by atoms with Crippen LogP contribution in [-0.4, -0.2) is 70.4 Å². The monoisotopic (exact) mass is 488 g/mol.